The van der Waals surface area contributed by atoms with Gasteiger partial charge < -0.3 is 5.32 Å². The molecule has 106 valence electrons. The second kappa shape index (κ2) is 5.70. The molecular weight excluding hydrogens is 269 g/mol. The van der Waals surface area contributed by atoms with E-state index in [1.807, 2.05) is 25.1 Å². The molecule has 0 radical (unpaired) electrons. The van der Waals surface area contributed by atoms with Crippen LogP contribution in [0.3, 0.4) is 0 Å². The van der Waals surface area contributed by atoms with Crippen molar-refractivity contribution in [3.63, 3.8) is 0 Å². The van der Waals surface area contributed by atoms with Gasteiger partial charge in [-0.25, -0.2) is 9.07 Å². The highest BCUT2D eigenvalue weighted by Crippen LogP contribution is 2.18. The van der Waals surface area contributed by atoms with E-state index in [1.54, 1.807) is 23.1 Å². The fourth-order valence-electron chi connectivity index (χ4n) is 2.10. The number of rotatable bonds is 4. The molecule has 0 bridgehead atoms. The quantitative estimate of drug-likeness (QED) is 0.800. The number of anilines is 1. The van der Waals surface area contributed by atoms with Gasteiger partial charge >= 0.3 is 0 Å². The smallest absolute Gasteiger partial charge is 0.143 e. The van der Waals surface area contributed by atoms with Crippen molar-refractivity contribution in [1.29, 1.82) is 0 Å². The van der Waals surface area contributed by atoms with Crippen molar-refractivity contribution >= 4 is 5.69 Å². The summed E-state index contributed by atoms with van der Waals surface area (Å²) in [6.07, 6.45) is 1.56. The van der Waals surface area contributed by atoms with Gasteiger partial charge in [0.05, 0.1) is 5.69 Å². The lowest BCUT2D eigenvalue weighted by atomic mass is 10.1. The van der Waals surface area contributed by atoms with Crippen molar-refractivity contribution in [2.45, 2.75) is 13.5 Å². The lowest BCUT2D eigenvalue weighted by Crippen LogP contribution is -2.02. The largest absolute Gasteiger partial charge is 0.381 e. The van der Waals surface area contributed by atoms with Crippen molar-refractivity contribution < 1.29 is 4.39 Å². The number of nitrogens with one attached hydrogen (secondary N) is 1. The van der Waals surface area contributed by atoms with Gasteiger partial charge in [-0.2, -0.15) is 0 Å². The third kappa shape index (κ3) is 3.05. The Morgan fingerprint density at radius 3 is 2.62 bits per heavy atom. The topological polar surface area (TPSA) is 55.6 Å². The van der Waals surface area contributed by atoms with Gasteiger partial charge in [0.25, 0.3) is 0 Å². The van der Waals surface area contributed by atoms with Crippen LogP contribution in [0.2, 0.25) is 0 Å². The minimum Gasteiger partial charge on any atom is -0.381 e. The zero-order valence-corrected chi connectivity index (χ0v) is 11.5. The van der Waals surface area contributed by atoms with Gasteiger partial charge in [0.1, 0.15) is 12.1 Å². The van der Waals surface area contributed by atoms with E-state index in [9.17, 15) is 4.39 Å². The molecule has 0 spiro atoms. The molecule has 0 saturated carbocycles. The van der Waals surface area contributed by atoms with Crippen molar-refractivity contribution in [1.82, 2.24) is 20.2 Å². The first kappa shape index (κ1) is 13.2. The van der Waals surface area contributed by atoms with Crippen molar-refractivity contribution in [3.05, 3.63) is 65.7 Å². The molecule has 0 aliphatic heterocycles. The average Bonchev–Trinajstić information content (AvgIpc) is 3.01. The van der Waals surface area contributed by atoms with Crippen molar-refractivity contribution in [2.24, 2.45) is 0 Å². The number of nitrogens with zero attached hydrogens (tertiary/aromatic N) is 4. The monoisotopic (exact) mass is 283 g/mol. The van der Waals surface area contributed by atoms with Gasteiger partial charge in [0, 0.05) is 12.2 Å². The maximum Gasteiger partial charge on any atom is 0.143 e. The maximum absolute atomic E-state index is 12.8. The average molecular weight is 283 g/mol. The molecule has 3 rings (SSSR count). The molecule has 1 N–H and O–H groups in total. The minimum absolute atomic E-state index is 0.222. The molecule has 5 nitrogen and oxygen atoms in total. The number of tetrazole rings is 1. The molecule has 0 saturated heterocycles. The molecule has 6 heteroatoms. The van der Waals surface area contributed by atoms with Crippen LogP contribution >= 0.6 is 0 Å². The molecule has 2 aromatic carbocycles. The van der Waals surface area contributed by atoms with E-state index in [2.05, 4.69) is 20.8 Å². The Balaban J connectivity index is 1.72. The second-order valence-corrected chi connectivity index (χ2v) is 4.74. The summed E-state index contributed by atoms with van der Waals surface area (Å²) in [5, 5.41) is 14.5. The van der Waals surface area contributed by atoms with Crippen molar-refractivity contribution in [3.8, 4) is 5.69 Å². The van der Waals surface area contributed by atoms with E-state index in [0.717, 1.165) is 22.5 Å². The molecule has 0 atom stereocenters. The normalized spacial score (nSPS) is 10.6. The molecule has 3 aromatic rings. The SMILES string of the molecule is Cc1cc(NCc2ccc(F)cc2)ccc1-n1cnnn1. The number of benzene rings is 2. The Morgan fingerprint density at radius 1 is 1.14 bits per heavy atom. The van der Waals surface area contributed by atoms with Gasteiger partial charge in [-0.1, -0.05) is 12.1 Å². The molecule has 0 aliphatic carbocycles. The summed E-state index contributed by atoms with van der Waals surface area (Å²) in [4.78, 5) is 0. The zero-order chi connectivity index (χ0) is 14.7. The van der Waals surface area contributed by atoms with Gasteiger partial charge in [-0.05, 0) is 58.8 Å². The van der Waals surface area contributed by atoms with Gasteiger partial charge in [0.15, 0.2) is 0 Å². The van der Waals surface area contributed by atoms with Crippen LogP contribution < -0.4 is 5.32 Å². The molecule has 21 heavy (non-hydrogen) atoms. The first-order chi connectivity index (χ1) is 10.2. The lowest BCUT2D eigenvalue weighted by molar-refractivity contribution is 0.627. The predicted molar refractivity (Wildman–Crippen MR) is 77.6 cm³/mol. The summed E-state index contributed by atoms with van der Waals surface area (Å²) in [5.74, 6) is -0.222. The predicted octanol–water partition coefficient (Wildman–Crippen LogP) is 2.72. The summed E-state index contributed by atoms with van der Waals surface area (Å²) >= 11 is 0. The van der Waals surface area contributed by atoms with Gasteiger partial charge in [-0.15, -0.1) is 5.10 Å². The van der Waals surface area contributed by atoms with Gasteiger partial charge in [0.2, 0.25) is 0 Å². The Bertz CT molecular complexity index is 722. The first-order valence-corrected chi connectivity index (χ1v) is 6.55. The molecule has 0 fully saturated rings. The summed E-state index contributed by atoms with van der Waals surface area (Å²) in [7, 11) is 0. The number of halogens is 1. The third-order valence-electron chi connectivity index (χ3n) is 3.20. The van der Waals surface area contributed by atoms with E-state index in [1.165, 1.54) is 12.1 Å². The van der Waals surface area contributed by atoms with Crippen LogP contribution in [0.15, 0.2) is 48.8 Å². The van der Waals surface area contributed by atoms with E-state index >= 15 is 0 Å². The molecule has 0 unspecified atom stereocenters. The van der Waals surface area contributed by atoms with Crippen LogP contribution in [0.5, 0.6) is 0 Å². The maximum atomic E-state index is 12.8. The van der Waals surface area contributed by atoms with E-state index < -0.39 is 0 Å². The van der Waals surface area contributed by atoms with Crippen LogP contribution in [0.1, 0.15) is 11.1 Å². The summed E-state index contributed by atoms with van der Waals surface area (Å²) in [6.45, 7) is 2.64. The van der Waals surface area contributed by atoms with Crippen LogP contribution in [0.4, 0.5) is 10.1 Å². The zero-order valence-electron chi connectivity index (χ0n) is 11.5. The van der Waals surface area contributed by atoms with Crippen LogP contribution in [0, 0.1) is 12.7 Å². The lowest BCUT2D eigenvalue weighted by Gasteiger charge is -2.10. The molecule has 1 heterocycles. The fraction of sp³-hybridized carbons (Fsp3) is 0.133. The molecule has 0 aliphatic rings. The Labute approximate surface area is 121 Å². The van der Waals surface area contributed by atoms with Crippen LogP contribution in [-0.2, 0) is 6.54 Å². The number of aryl methyl sites for hydroxylation is 1. The third-order valence-corrected chi connectivity index (χ3v) is 3.20. The Kier molecular flexibility index (Phi) is 3.59. The van der Waals surface area contributed by atoms with Gasteiger partial charge in [-0.3, -0.25) is 0 Å². The molecule has 0 amide bonds. The highest BCUT2D eigenvalue weighted by molar-refractivity contribution is 5.53. The highest BCUT2D eigenvalue weighted by atomic mass is 19.1. The fourth-order valence-corrected chi connectivity index (χ4v) is 2.10. The van der Waals surface area contributed by atoms with Crippen LogP contribution in [-0.4, -0.2) is 20.2 Å². The minimum atomic E-state index is -0.222. The Hall–Kier alpha value is -2.76. The molecular formula is C15H14FN5. The summed E-state index contributed by atoms with van der Waals surface area (Å²) < 4.78 is 14.5. The molecule has 1 aromatic heterocycles. The van der Waals surface area contributed by atoms with Crippen LogP contribution in [0.25, 0.3) is 5.69 Å². The second-order valence-electron chi connectivity index (χ2n) is 4.74. The van der Waals surface area contributed by atoms with Crippen molar-refractivity contribution in [2.75, 3.05) is 5.32 Å². The number of hydrogen-bond donors (Lipinski definition) is 1. The highest BCUT2D eigenvalue weighted by Gasteiger charge is 2.03. The summed E-state index contributed by atoms with van der Waals surface area (Å²) in [5.41, 5.74) is 4.02. The standard InChI is InChI=1S/C15H14FN5/c1-11-8-14(6-7-15(11)21-10-18-19-20-21)17-9-12-2-4-13(16)5-3-12/h2-8,10,17H,9H2,1H3. The number of aromatic nitrogens is 4. The van der Waals surface area contributed by atoms with E-state index in [4.69, 9.17) is 0 Å². The van der Waals surface area contributed by atoms with E-state index in [0.29, 0.717) is 6.54 Å². The Morgan fingerprint density at radius 2 is 1.95 bits per heavy atom. The summed E-state index contributed by atoms with van der Waals surface area (Å²) in [6, 6.07) is 12.4. The van der Waals surface area contributed by atoms with E-state index in [-0.39, 0.29) is 5.82 Å². The number of hydrogen-bond acceptors (Lipinski definition) is 4. The first-order valence-electron chi connectivity index (χ1n) is 6.55.